The number of rotatable bonds is 11. The Morgan fingerprint density at radius 1 is 0.955 bits per heavy atom. The van der Waals surface area contributed by atoms with Crippen LogP contribution in [0.1, 0.15) is 32.3 Å². The first kappa shape index (κ1) is 19.0. The molecule has 0 N–H and O–H groups in total. The summed E-state index contributed by atoms with van der Waals surface area (Å²) in [7, 11) is 0.335. The highest BCUT2D eigenvalue weighted by molar-refractivity contribution is 7.53. The van der Waals surface area contributed by atoms with Gasteiger partial charge >= 0.3 is 7.60 Å². The Kier molecular flexibility index (Phi) is 8.54. The van der Waals surface area contributed by atoms with E-state index in [2.05, 4.69) is 0 Å². The Morgan fingerprint density at radius 2 is 1.59 bits per heavy atom. The minimum atomic E-state index is -2.91. The van der Waals surface area contributed by atoms with Gasteiger partial charge in [-0.2, -0.15) is 0 Å². The lowest BCUT2D eigenvalue weighted by Crippen LogP contribution is -2.01. The SMILES string of the molecule is CCOP(=O)(CCCCc1ccc(OC)c(OC)c1)OCC. The third-order valence-electron chi connectivity index (χ3n) is 3.25. The normalized spacial score (nSPS) is 11.5. The minimum absolute atomic E-state index is 0.410. The van der Waals surface area contributed by atoms with Crippen molar-refractivity contribution in [3.63, 3.8) is 0 Å². The van der Waals surface area contributed by atoms with Crippen LogP contribution < -0.4 is 9.47 Å². The zero-order valence-corrected chi connectivity index (χ0v) is 14.9. The van der Waals surface area contributed by atoms with Gasteiger partial charge < -0.3 is 18.5 Å². The maximum Gasteiger partial charge on any atom is 0.330 e. The number of ether oxygens (including phenoxy) is 2. The van der Waals surface area contributed by atoms with E-state index in [0.29, 0.717) is 19.4 Å². The van der Waals surface area contributed by atoms with Crippen molar-refractivity contribution in [2.45, 2.75) is 33.1 Å². The molecule has 0 aliphatic rings. The highest BCUT2D eigenvalue weighted by Crippen LogP contribution is 2.48. The molecule has 0 aromatic heterocycles. The number of unbranched alkanes of at least 4 members (excludes halogenated alkanes) is 1. The second-order valence-electron chi connectivity index (χ2n) is 4.82. The lowest BCUT2D eigenvalue weighted by Gasteiger charge is -2.16. The molecule has 0 atom stereocenters. The lowest BCUT2D eigenvalue weighted by atomic mass is 10.1. The van der Waals surface area contributed by atoms with Gasteiger partial charge in [-0.3, -0.25) is 4.57 Å². The van der Waals surface area contributed by atoms with Crippen LogP contribution in [0.4, 0.5) is 0 Å². The van der Waals surface area contributed by atoms with Gasteiger partial charge in [-0.15, -0.1) is 0 Å². The summed E-state index contributed by atoms with van der Waals surface area (Å²) in [4.78, 5) is 0. The van der Waals surface area contributed by atoms with Gasteiger partial charge in [0.2, 0.25) is 0 Å². The standard InChI is InChI=1S/C16H27O5P/c1-5-20-22(17,21-6-2)12-8-7-9-14-10-11-15(18-3)16(13-14)19-4/h10-11,13H,5-9,12H2,1-4H3. The largest absolute Gasteiger partial charge is 0.493 e. The Bertz CT molecular complexity index is 479. The van der Waals surface area contributed by atoms with E-state index in [1.807, 2.05) is 32.0 Å². The van der Waals surface area contributed by atoms with Crippen LogP contribution in [0, 0.1) is 0 Å². The van der Waals surface area contributed by atoms with Crippen molar-refractivity contribution >= 4 is 7.60 Å². The molecule has 0 bridgehead atoms. The Labute approximate surface area is 133 Å². The fourth-order valence-corrected chi connectivity index (χ4v) is 3.96. The summed E-state index contributed by atoms with van der Waals surface area (Å²) in [6.07, 6.45) is 3.06. The molecule has 0 radical (unpaired) electrons. The van der Waals surface area contributed by atoms with Crippen molar-refractivity contribution in [3.8, 4) is 11.5 Å². The van der Waals surface area contributed by atoms with Gasteiger partial charge in [0, 0.05) is 0 Å². The third kappa shape index (κ3) is 5.99. The fraction of sp³-hybridized carbons (Fsp3) is 0.625. The monoisotopic (exact) mass is 330 g/mol. The Morgan fingerprint density at radius 3 is 2.14 bits per heavy atom. The van der Waals surface area contributed by atoms with Crippen LogP contribution in [-0.2, 0) is 20.0 Å². The molecule has 0 fully saturated rings. The highest BCUT2D eigenvalue weighted by Gasteiger charge is 2.22. The molecule has 1 rings (SSSR count). The van der Waals surface area contributed by atoms with E-state index in [9.17, 15) is 4.57 Å². The lowest BCUT2D eigenvalue weighted by molar-refractivity contribution is 0.219. The molecule has 0 spiro atoms. The average molecular weight is 330 g/mol. The summed E-state index contributed by atoms with van der Waals surface area (Å²) < 4.78 is 33.4. The van der Waals surface area contributed by atoms with Crippen LogP contribution in [0.5, 0.6) is 11.5 Å². The van der Waals surface area contributed by atoms with Gasteiger partial charge in [0.25, 0.3) is 0 Å². The van der Waals surface area contributed by atoms with Crippen LogP contribution in [-0.4, -0.2) is 33.6 Å². The molecule has 0 aliphatic carbocycles. The van der Waals surface area contributed by atoms with Crippen LogP contribution in [0.25, 0.3) is 0 Å². The summed E-state index contributed by atoms with van der Waals surface area (Å²) in [5.74, 6) is 1.46. The number of hydrogen-bond donors (Lipinski definition) is 0. The average Bonchev–Trinajstić information content (AvgIpc) is 2.52. The van der Waals surface area contributed by atoms with Crippen molar-refractivity contribution < 1.29 is 23.1 Å². The summed E-state index contributed by atoms with van der Waals surface area (Å²) in [5, 5.41) is 0. The summed E-state index contributed by atoms with van der Waals surface area (Å²) in [6, 6.07) is 5.90. The van der Waals surface area contributed by atoms with Crippen LogP contribution >= 0.6 is 7.60 Å². The van der Waals surface area contributed by atoms with Crippen LogP contribution in [0.2, 0.25) is 0 Å². The van der Waals surface area contributed by atoms with E-state index in [0.717, 1.165) is 30.8 Å². The molecule has 22 heavy (non-hydrogen) atoms. The van der Waals surface area contributed by atoms with Gasteiger partial charge in [-0.25, -0.2) is 0 Å². The van der Waals surface area contributed by atoms with Crippen molar-refractivity contribution in [3.05, 3.63) is 23.8 Å². The maximum atomic E-state index is 12.3. The second kappa shape index (κ2) is 9.88. The maximum absolute atomic E-state index is 12.3. The molecule has 0 amide bonds. The second-order valence-corrected chi connectivity index (χ2v) is 7.00. The van der Waals surface area contributed by atoms with Crippen molar-refractivity contribution in [2.24, 2.45) is 0 Å². The molecule has 6 heteroatoms. The van der Waals surface area contributed by atoms with Crippen LogP contribution in [0.15, 0.2) is 18.2 Å². The smallest absolute Gasteiger partial charge is 0.330 e. The van der Waals surface area contributed by atoms with Gasteiger partial charge in [0.05, 0.1) is 33.6 Å². The van der Waals surface area contributed by atoms with Gasteiger partial charge in [0.15, 0.2) is 11.5 Å². The number of benzene rings is 1. The Balaban J connectivity index is 2.48. The zero-order valence-electron chi connectivity index (χ0n) is 14.0. The van der Waals surface area contributed by atoms with Gasteiger partial charge in [-0.05, 0) is 50.8 Å². The van der Waals surface area contributed by atoms with E-state index >= 15 is 0 Å². The predicted octanol–water partition coefficient (Wildman–Crippen LogP) is 4.29. The molecule has 0 unspecified atom stereocenters. The molecule has 1 aromatic carbocycles. The van der Waals surface area contributed by atoms with E-state index in [-0.39, 0.29) is 0 Å². The van der Waals surface area contributed by atoms with E-state index in [4.69, 9.17) is 18.5 Å². The highest BCUT2D eigenvalue weighted by atomic mass is 31.2. The molecule has 0 aliphatic heterocycles. The van der Waals surface area contributed by atoms with Crippen LogP contribution in [0.3, 0.4) is 0 Å². The third-order valence-corrected chi connectivity index (χ3v) is 5.41. The van der Waals surface area contributed by atoms with Crippen molar-refractivity contribution in [1.29, 1.82) is 0 Å². The van der Waals surface area contributed by atoms with Gasteiger partial charge in [-0.1, -0.05) is 6.07 Å². The molecular weight excluding hydrogens is 303 g/mol. The minimum Gasteiger partial charge on any atom is -0.493 e. The van der Waals surface area contributed by atoms with Crippen molar-refractivity contribution in [2.75, 3.05) is 33.6 Å². The molecule has 0 saturated carbocycles. The predicted molar refractivity (Wildman–Crippen MR) is 88.2 cm³/mol. The molecular formula is C16H27O5P. The van der Waals surface area contributed by atoms with E-state index < -0.39 is 7.60 Å². The summed E-state index contributed by atoms with van der Waals surface area (Å²) >= 11 is 0. The number of aryl methyl sites for hydroxylation is 1. The molecule has 0 heterocycles. The first-order valence-electron chi connectivity index (χ1n) is 7.67. The first-order valence-corrected chi connectivity index (χ1v) is 9.40. The number of hydrogen-bond acceptors (Lipinski definition) is 5. The molecule has 0 saturated heterocycles. The molecule has 5 nitrogen and oxygen atoms in total. The van der Waals surface area contributed by atoms with Crippen molar-refractivity contribution in [1.82, 2.24) is 0 Å². The quantitative estimate of drug-likeness (QED) is 0.447. The Hall–Kier alpha value is -1.03. The topological polar surface area (TPSA) is 54.0 Å². The zero-order chi connectivity index (χ0) is 16.4. The molecule has 126 valence electrons. The fourth-order valence-electron chi connectivity index (χ4n) is 2.23. The first-order chi connectivity index (χ1) is 10.6. The summed E-state index contributed by atoms with van der Waals surface area (Å²) in [6.45, 7) is 4.48. The summed E-state index contributed by atoms with van der Waals surface area (Å²) in [5.41, 5.74) is 1.17. The van der Waals surface area contributed by atoms with Gasteiger partial charge in [0.1, 0.15) is 0 Å². The molecule has 1 aromatic rings. The number of methoxy groups -OCH3 is 2. The van der Waals surface area contributed by atoms with E-state index in [1.165, 1.54) is 5.56 Å². The van der Waals surface area contributed by atoms with E-state index in [1.54, 1.807) is 14.2 Å².